The lowest BCUT2D eigenvalue weighted by Crippen LogP contribution is -1.98. The first-order valence-electron chi connectivity index (χ1n) is 8.33. The zero-order chi connectivity index (χ0) is 18.6. The largest absolute Gasteiger partial charge is 0.438 e. The van der Waals surface area contributed by atoms with Crippen molar-refractivity contribution in [2.24, 2.45) is 7.05 Å². The molecule has 0 fully saturated rings. The minimum atomic E-state index is 0.273. The van der Waals surface area contributed by atoms with Crippen LogP contribution in [0.2, 0.25) is 0 Å². The van der Waals surface area contributed by atoms with Crippen molar-refractivity contribution in [1.29, 1.82) is 5.26 Å². The van der Waals surface area contributed by atoms with E-state index in [4.69, 9.17) is 4.74 Å². The molecule has 0 aliphatic carbocycles. The van der Waals surface area contributed by atoms with Crippen LogP contribution in [0.3, 0.4) is 0 Å². The molecule has 0 unspecified atom stereocenters. The summed E-state index contributed by atoms with van der Waals surface area (Å²) in [6.07, 6.45) is 3.31. The third-order valence-corrected chi connectivity index (χ3v) is 4.04. The maximum Gasteiger partial charge on any atom is 0.218 e. The number of nitrogens with zero attached hydrogens (tertiary/aromatic N) is 5. The molecule has 0 saturated heterocycles. The van der Waals surface area contributed by atoms with Gasteiger partial charge in [-0.15, -0.1) is 0 Å². The van der Waals surface area contributed by atoms with Gasteiger partial charge in [0, 0.05) is 37.1 Å². The quantitative estimate of drug-likeness (QED) is 0.549. The predicted molar refractivity (Wildman–Crippen MR) is 101 cm³/mol. The molecule has 3 heterocycles. The molecule has 0 bridgehead atoms. The standard InChI is InChI=1S/C21H15N5O/c1-26-21(12-19(25-26)15-7-3-2-4-8-15)27-20-11-16(13-22)24-14-17(20)18-9-5-6-10-23-18/h2-12,14H,1H3. The zero-order valence-corrected chi connectivity index (χ0v) is 14.6. The van der Waals surface area contributed by atoms with Crippen LogP contribution in [0.1, 0.15) is 5.69 Å². The number of ether oxygens (including phenoxy) is 1. The van der Waals surface area contributed by atoms with Crippen molar-refractivity contribution >= 4 is 0 Å². The monoisotopic (exact) mass is 353 g/mol. The van der Waals surface area contributed by atoms with Crippen molar-refractivity contribution in [3.8, 4) is 40.2 Å². The van der Waals surface area contributed by atoms with E-state index >= 15 is 0 Å². The molecule has 0 aliphatic heterocycles. The first-order valence-corrected chi connectivity index (χ1v) is 8.33. The van der Waals surface area contributed by atoms with Gasteiger partial charge in [0.05, 0.1) is 17.0 Å². The Bertz CT molecular complexity index is 1110. The number of hydrogen-bond acceptors (Lipinski definition) is 5. The number of pyridine rings is 2. The van der Waals surface area contributed by atoms with E-state index in [1.807, 2.05) is 67.7 Å². The second-order valence-electron chi connectivity index (χ2n) is 5.85. The van der Waals surface area contributed by atoms with Gasteiger partial charge in [-0.05, 0) is 12.1 Å². The van der Waals surface area contributed by atoms with Crippen LogP contribution >= 0.6 is 0 Å². The Labute approximate surface area is 156 Å². The van der Waals surface area contributed by atoms with E-state index in [2.05, 4.69) is 15.1 Å². The van der Waals surface area contributed by atoms with Crippen LogP contribution in [-0.4, -0.2) is 19.7 Å². The van der Waals surface area contributed by atoms with E-state index in [0.717, 1.165) is 17.0 Å². The summed E-state index contributed by atoms with van der Waals surface area (Å²) in [5, 5.41) is 13.7. The third kappa shape index (κ3) is 3.39. The summed E-state index contributed by atoms with van der Waals surface area (Å²) in [7, 11) is 1.81. The Balaban J connectivity index is 1.75. The van der Waals surface area contributed by atoms with Crippen LogP contribution in [-0.2, 0) is 7.05 Å². The van der Waals surface area contributed by atoms with Crippen molar-refractivity contribution in [2.75, 3.05) is 0 Å². The van der Waals surface area contributed by atoms with Crippen LogP contribution in [0.5, 0.6) is 11.6 Å². The first kappa shape index (κ1) is 16.5. The lowest BCUT2D eigenvalue weighted by molar-refractivity contribution is 0.431. The molecule has 27 heavy (non-hydrogen) atoms. The number of aromatic nitrogens is 4. The normalized spacial score (nSPS) is 10.4. The molecule has 0 amide bonds. The molecular weight excluding hydrogens is 338 g/mol. The van der Waals surface area contributed by atoms with E-state index in [1.165, 1.54) is 0 Å². The minimum Gasteiger partial charge on any atom is -0.438 e. The van der Waals surface area contributed by atoms with Crippen molar-refractivity contribution in [3.63, 3.8) is 0 Å². The Morgan fingerprint density at radius 1 is 0.963 bits per heavy atom. The third-order valence-electron chi connectivity index (χ3n) is 4.04. The molecule has 1 aromatic carbocycles. The molecule has 4 aromatic rings. The van der Waals surface area contributed by atoms with Gasteiger partial charge in [0.25, 0.3) is 0 Å². The average Bonchev–Trinajstić information content (AvgIpc) is 3.09. The number of rotatable bonds is 4. The number of aryl methyl sites for hydroxylation is 1. The van der Waals surface area contributed by atoms with Gasteiger partial charge < -0.3 is 4.74 Å². The molecule has 4 rings (SSSR count). The Hall–Kier alpha value is -3.98. The maximum atomic E-state index is 9.20. The average molecular weight is 353 g/mol. The number of nitriles is 1. The van der Waals surface area contributed by atoms with Gasteiger partial charge in [-0.1, -0.05) is 36.4 Å². The number of benzene rings is 1. The van der Waals surface area contributed by atoms with Gasteiger partial charge >= 0.3 is 0 Å². The van der Waals surface area contributed by atoms with Crippen LogP contribution in [0, 0.1) is 11.3 Å². The lowest BCUT2D eigenvalue weighted by atomic mass is 10.1. The highest BCUT2D eigenvalue weighted by molar-refractivity contribution is 5.67. The Kier molecular flexibility index (Phi) is 4.33. The summed E-state index contributed by atoms with van der Waals surface area (Å²) in [5.41, 5.74) is 3.50. The molecule has 130 valence electrons. The van der Waals surface area contributed by atoms with E-state index in [0.29, 0.717) is 17.2 Å². The van der Waals surface area contributed by atoms with Crippen LogP contribution in [0.15, 0.2) is 73.1 Å². The van der Waals surface area contributed by atoms with Gasteiger partial charge in [0.1, 0.15) is 17.5 Å². The first-order chi connectivity index (χ1) is 13.2. The SMILES string of the molecule is Cn1nc(-c2ccccc2)cc1Oc1cc(C#N)ncc1-c1ccccn1. The molecule has 6 nitrogen and oxygen atoms in total. The lowest BCUT2D eigenvalue weighted by Gasteiger charge is -2.10. The van der Waals surface area contributed by atoms with Crippen LogP contribution in [0.4, 0.5) is 0 Å². The van der Waals surface area contributed by atoms with E-state index < -0.39 is 0 Å². The Morgan fingerprint density at radius 3 is 2.52 bits per heavy atom. The number of hydrogen-bond donors (Lipinski definition) is 0. The molecule has 0 saturated carbocycles. The van der Waals surface area contributed by atoms with Gasteiger partial charge in [-0.2, -0.15) is 10.4 Å². The van der Waals surface area contributed by atoms with Gasteiger partial charge in [-0.3, -0.25) is 4.98 Å². The summed E-state index contributed by atoms with van der Waals surface area (Å²) in [4.78, 5) is 8.50. The van der Waals surface area contributed by atoms with Crippen molar-refractivity contribution in [1.82, 2.24) is 19.7 Å². The van der Waals surface area contributed by atoms with Crippen molar-refractivity contribution in [3.05, 3.63) is 78.8 Å². The highest BCUT2D eigenvalue weighted by Gasteiger charge is 2.14. The second-order valence-corrected chi connectivity index (χ2v) is 5.85. The van der Waals surface area contributed by atoms with E-state index in [1.54, 1.807) is 23.1 Å². The summed E-state index contributed by atoms with van der Waals surface area (Å²) >= 11 is 0. The van der Waals surface area contributed by atoms with Crippen molar-refractivity contribution in [2.45, 2.75) is 0 Å². The molecule has 3 aromatic heterocycles. The highest BCUT2D eigenvalue weighted by Crippen LogP contribution is 2.33. The van der Waals surface area contributed by atoms with Crippen LogP contribution < -0.4 is 4.74 Å². The minimum absolute atomic E-state index is 0.273. The van der Waals surface area contributed by atoms with E-state index in [9.17, 15) is 5.26 Å². The van der Waals surface area contributed by atoms with Crippen molar-refractivity contribution < 1.29 is 4.74 Å². The highest BCUT2D eigenvalue weighted by atomic mass is 16.5. The summed E-state index contributed by atoms with van der Waals surface area (Å²) in [5.74, 6) is 1.06. The molecule has 6 heteroatoms. The molecule has 0 radical (unpaired) electrons. The predicted octanol–water partition coefficient (Wildman–Crippen LogP) is 4.21. The van der Waals surface area contributed by atoms with Gasteiger partial charge in [-0.25, -0.2) is 9.67 Å². The Morgan fingerprint density at radius 2 is 1.78 bits per heavy atom. The summed E-state index contributed by atoms with van der Waals surface area (Å²) in [6.45, 7) is 0. The smallest absolute Gasteiger partial charge is 0.218 e. The fourth-order valence-electron chi connectivity index (χ4n) is 2.71. The fourth-order valence-corrected chi connectivity index (χ4v) is 2.71. The molecule has 0 aliphatic rings. The fraction of sp³-hybridized carbons (Fsp3) is 0.0476. The summed E-state index contributed by atoms with van der Waals surface area (Å²) in [6, 6.07) is 21.0. The molecule has 0 atom stereocenters. The molecule has 0 spiro atoms. The van der Waals surface area contributed by atoms with Crippen LogP contribution in [0.25, 0.3) is 22.5 Å². The summed E-state index contributed by atoms with van der Waals surface area (Å²) < 4.78 is 7.77. The van der Waals surface area contributed by atoms with Gasteiger partial charge in [0.15, 0.2) is 0 Å². The topological polar surface area (TPSA) is 76.6 Å². The molecular formula is C21H15N5O. The maximum absolute atomic E-state index is 9.20. The van der Waals surface area contributed by atoms with E-state index in [-0.39, 0.29) is 5.69 Å². The molecule has 0 N–H and O–H groups in total. The van der Waals surface area contributed by atoms with Gasteiger partial charge in [0.2, 0.25) is 5.88 Å². The second kappa shape index (κ2) is 7.10. The zero-order valence-electron chi connectivity index (χ0n) is 14.6.